The summed E-state index contributed by atoms with van der Waals surface area (Å²) < 4.78 is 5.26. The van der Waals surface area contributed by atoms with Crippen LogP contribution in [0, 0.1) is 5.41 Å². The number of aromatic carboxylic acids is 1. The van der Waals surface area contributed by atoms with Crippen molar-refractivity contribution in [3.8, 4) is 5.75 Å². The van der Waals surface area contributed by atoms with Gasteiger partial charge in [0.15, 0.2) is 0 Å². The van der Waals surface area contributed by atoms with Crippen molar-refractivity contribution in [2.45, 2.75) is 13.8 Å². The summed E-state index contributed by atoms with van der Waals surface area (Å²) in [5, 5.41) is 17.9. The highest BCUT2D eigenvalue weighted by Gasteiger charge is 2.28. The zero-order valence-corrected chi connectivity index (χ0v) is 10.1. The Balaban J connectivity index is 2.92. The fraction of sp³-hybridized carbons (Fsp3) is 0.333. The van der Waals surface area contributed by atoms with Gasteiger partial charge >= 0.3 is 11.9 Å². The number of carboxylic acid groups (broad SMARTS) is 2. The lowest BCUT2D eigenvalue weighted by molar-refractivity contribution is -0.148. The van der Waals surface area contributed by atoms with Crippen molar-refractivity contribution >= 4 is 17.6 Å². The van der Waals surface area contributed by atoms with Crippen molar-refractivity contribution in [2.75, 3.05) is 12.3 Å². The fourth-order valence-electron chi connectivity index (χ4n) is 1.16. The van der Waals surface area contributed by atoms with E-state index in [4.69, 9.17) is 20.7 Å². The molecule has 4 N–H and O–H groups in total. The highest BCUT2D eigenvalue weighted by atomic mass is 16.5. The summed E-state index contributed by atoms with van der Waals surface area (Å²) in [6.07, 6.45) is 0. The molecule has 6 nitrogen and oxygen atoms in total. The second kappa shape index (κ2) is 4.95. The zero-order valence-electron chi connectivity index (χ0n) is 10.1. The second-order valence-corrected chi connectivity index (χ2v) is 4.54. The second-order valence-electron chi connectivity index (χ2n) is 4.54. The van der Waals surface area contributed by atoms with E-state index in [1.807, 2.05) is 0 Å². The molecule has 0 spiro atoms. The smallest absolute Gasteiger partial charge is 0.339 e. The molecule has 0 saturated heterocycles. The van der Waals surface area contributed by atoms with Gasteiger partial charge in [-0.25, -0.2) is 4.79 Å². The molecule has 0 fully saturated rings. The Kier molecular flexibility index (Phi) is 3.80. The van der Waals surface area contributed by atoms with Gasteiger partial charge in [0.2, 0.25) is 0 Å². The molecule has 0 aliphatic carbocycles. The Morgan fingerprint density at radius 1 is 1.33 bits per heavy atom. The predicted octanol–water partition coefficient (Wildman–Crippen LogP) is 1.46. The lowest BCUT2D eigenvalue weighted by Gasteiger charge is -2.20. The topological polar surface area (TPSA) is 110 Å². The van der Waals surface area contributed by atoms with Crippen LogP contribution in [0.25, 0.3) is 0 Å². The Bertz CT molecular complexity index is 481. The number of nitrogen functional groups attached to an aromatic ring is 1. The summed E-state index contributed by atoms with van der Waals surface area (Å²) in [6.45, 7) is 2.85. The molecule has 18 heavy (non-hydrogen) atoms. The minimum Gasteiger partial charge on any atom is -0.492 e. The van der Waals surface area contributed by atoms with E-state index in [0.29, 0.717) is 5.69 Å². The van der Waals surface area contributed by atoms with Crippen molar-refractivity contribution in [2.24, 2.45) is 5.41 Å². The summed E-state index contributed by atoms with van der Waals surface area (Å²) >= 11 is 0. The molecule has 0 aliphatic heterocycles. The largest absolute Gasteiger partial charge is 0.492 e. The summed E-state index contributed by atoms with van der Waals surface area (Å²) in [4.78, 5) is 21.9. The zero-order chi connectivity index (χ0) is 13.9. The van der Waals surface area contributed by atoms with E-state index < -0.39 is 17.4 Å². The van der Waals surface area contributed by atoms with Crippen LogP contribution in [0.3, 0.4) is 0 Å². The van der Waals surface area contributed by atoms with E-state index >= 15 is 0 Å². The normalized spacial score (nSPS) is 11.0. The molecule has 0 atom stereocenters. The molecule has 1 aromatic rings. The van der Waals surface area contributed by atoms with Gasteiger partial charge in [0.05, 0.1) is 5.41 Å². The Hall–Kier alpha value is -2.24. The van der Waals surface area contributed by atoms with E-state index in [0.717, 1.165) is 0 Å². The molecule has 98 valence electrons. The predicted molar refractivity (Wildman–Crippen MR) is 64.7 cm³/mol. The van der Waals surface area contributed by atoms with Gasteiger partial charge in [0, 0.05) is 5.69 Å². The number of carbonyl (C=O) groups is 2. The number of hydrogen-bond donors (Lipinski definition) is 3. The number of benzene rings is 1. The molecule has 0 aliphatic rings. The number of hydrogen-bond acceptors (Lipinski definition) is 4. The molecule has 0 unspecified atom stereocenters. The van der Waals surface area contributed by atoms with Crippen LogP contribution >= 0.6 is 0 Å². The van der Waals surface area contributed by atoms with Gasteiger partial charge in [-0.3, -0.25) is 4.79 Å². The monoisotopic (exact) mass is 253 g/mol. The molecular formula is C12H15NO5. The Labute approximate surface area is 104 Å². The SMILES string of the molecule is CC(C)(COc1ccc(N)cc1C(=O)O)C(=O)O. The lowest BCUT2D eigenvalue weighted by Crippen LogP contribution is -2.31. The van der Waals surface area contributed by atoms with Gasteiger partial charge in [-0.05, 0) is 32.0 Å². The van der Waals surface area contributed by atoms with E-state index in [-0.39, 0.29) is 17.9 Å². The summed E-state index contributed by atoms with van der Waals surface area (Å²) in [5.74, 6) is -2.09. The van der Waals surface area contributed by atoms with Crippen LogP contribution in [0.15, 0.2) is 18.2 Å². The van der Waals surface area contributed by atoms with Crippen molar-refractivity contribution in [3.63, 3.8) is 0 Å². The highest BCUT2D eigenvalue weighted by Crippen LogP contribution is 2.24. The van der Waals surface area contributed by atoms with E-state index in [1.54, 1.807) is 0 Å². The van der Waals surface area contributed by atoms with Crippen molar-refractivity contribution < 1.29 is 24.5 Å². The Morgan fingerprint density at radius 2 is 1.94 bits per heavy atom. The molecule has 0 amide bonds. The first-order valence-corrected chi connectivity index (χ1v) is 5.23. The highest BCUT2D eigenvalue weighted by molar-refractivity contribution is 5.92. The average Bonchev–Trinajstić information content (AvgIpc) is 2.27. The maximum Gasteiger partial charge on any atom is 0.339 e. The number of anilines is 1. The molecule has 1 aromatic carbocycles. The summed E-state index contributed by atoms with van der Waals surface area (Å²) in [5.41, 5.74) is 4.60. The summed E-state index contributed by atoms with van der Waals surface area (Å²) in [6, 6.07) is 4.18. The van der Waals surface area contributed by atoms with Crippen molar-refractivity contribution in [3.05, 3.63) is 23.8 Å². The van der Waals surface area contributed by atoms with Gasteiger partial charge in [-0.1, -0.05) is 0 Å². The Morgan fingerprint density at radius 3 is 2.44 bits per heavy atom. The minimum atomic E-state index is -1.18. The number of nitrogens with two attached hydrogens (primary N) is 1. The van der Waals surface area contributed by atoms with Crippen LogP contribution in [0.5, 0.6) is 5.75 Å². The van der Waals surface area contributed by atoms with Crippen LogP contribution in [0.1, 0.15) is 24.2 Å². The number of aliphatic carboxylic acids is 1. The third-order valence-corrected chi connectivity index (χ3v) is 2.40. The molecular weight excluding hydrogens is 238 g/mol. The maximum absolute atomic E-state index is 11.0. The third-order valence-electron chi connectivity index (χ3n) is 2.40. The molecule has 0 saturated carbocycles. The standard InChI is InChI=1S/C12H15NO5/c1-12(2,11(16)17)6-18-9-4-3-7(13)5-8(9)10(14)15/h3-5H,6,13H2,1-2H3,(H,14,15)(H,16,17). The number of ether oxygens (including phenoxy) is 1. The van der Waals surface area contributed by atoms with Crippen LogP contribution in [-0.2, 0) is 4.79 Å². The molecule has 0 bridgehead atoms. The van der Waals surface area contributed by atoms with Crippen molar-refractivity contribution in [1.29, 1.82) is 0 Å². The van der Waals surface area contributed by atoms with Gasteiger partial charge in [0.1, 0.15) is 17.9 Å². The minimum absolute atomic E-state index is 0.0869. The van der Waals surface area contributed by atoms with Gasteiger partial charge < -0.3 is 20.7 Å². The lowest BCUT2D eigenvalue weighted by atomic mass is 9.95. The fourth-order valence-corrected chi connectivity index (χ4v) is 1.16. The average molecular weight is 253 g/mol. The van der Waals surface area contributed by atoms with Gasteiger partial charge in [0.25, 0.3) is 0 Å². The molecule has 0 radical (unpaired) electrons. The number of rotatable bonds is 5. The van der Waals surface area contributed by atoms with E-state index in [9.17, 15) is 9.59 Å². The van der Waals surface area contributed by atoms with Crippen LogP contribution in [0.4, 0.5) is 5.69 Å². The van der Waals surface area contributed by atoms with Gasteiger partial charge in [-0.2, -0.15) is 0 Å². The first kappa shape index (κ1) is 13.8. The maximum atomic E-state index is 11.0. The van der Waals surface area contributed by atoms with E-state index in [1.165, 1.54) is 32.0 Å². The first-order valence-electron chi connectivity index (χ1n) is 5.23. The number of carboxylic acids is 2. The molecule has 1 rings (SSSR count). The summed E-state index contributed by atoms with van der Waals surface area (Å²) in [7, 11) is 0. The van der Waals surface area contributed by atoms with Crippen LogP contribution in [-0.4, -0.2) is 28.8 Å². The quantitative estimate of drug-likeness (QED) is 0.685. The molecule has 6 heteroatoms. The first-order chi connectivity index (χ1) is 8.24. The van der Waals surface area contributed by atoms with Crippen LogP contribution in [0.2, 0.25) is 0 Å². The van der Waals surface area contributed by atoms with Crippen LogP contribution < -0.4 is 10.5 Å². The van der Waals surface area contributed by atoms with Gasteiger partial charge in [-0.15, -0.1) is 0 Å². The third kappa shape index (κ3) is 3.13. The van der Waals surface area contributed by atoms with Crippen molar-refractivity contribution in [1.82, 2.24) is 0 Å². The molecule has 0 aromatic heterocycles. The molecule has 0 heterocycles. The van der Waals surface area contributed by atoms with E-state index in [2.05, 4.69) is 0 Å².